The molecule has 0 spiro atoms. The summed E-state index contributed by atoms with van der Waals surface area (Å²) in [6.45, 7) is 6.36. The van der Waals surface area contributed by atoms with Crippen LogP contribution >= 0.6 is 15.9 Å². The summed E-state index contributed by atoms with van der Waals surface area (Å²) < 4.78 is 6.21. The maximum absolute atomic E-state index is 9.78. The van der Waals surface area contributed by atoms with Crippen molar-refractivity contribution in [3.8, 4) is 5.75 Å². The van der Waals surface area contributed by atoms with Gasteiger partial charge < -0.3 is 15.2 Å². The van der Waals surface area contributed by atoms with Crippen LogP contribution in [0.25, 0.3) is 0 Å². The Morgan fingerprint density at radius 3 is 2.63 bits per heavy atom. The first kappa shape index (κ1) is 14.8. The van der Waals surface area contributed by atoms with E-state index < -0.39 is 0 Å². The van der Waals surface area contributed by atoms with E-state index in [1.165, 1.54) is 5.56 Å². The molecule has 2 rings (SSSR count). The minimum Gasteiger partial charge on any atom is -0.496 e. The third-order valence-corrected chi connectivity index (χ3v) is 4.96. The van der Waals surface area contributed by atoms with Gasteiger partial charge in [0.15, 0.2) is 0 Å². The molecule has 2 N–H and O–H groups in total. The molecule has 3 nitrogen and oxygen atoms in total. The van der Waals surface area contributed by atoms with Gasteiger partial charge in [0.2, 0.25) is 0 Å². The number of rotatable bonds is 4. The molecule has 106 valence electrons. The van der Waals surface area contributed by atoms with Crippen LogP contribution in [0.3, 0.4) is 0 Å². The van der Waals surface area contributed by atoms with Crippen molar-refractivity contribution < 1.29 is 9.84 Å². The standard InChI is InChI=1S/C15H22BrNO2/c1-9(17-13-8-14(18)15(13,2)3)10-5-6-12(19-4)11(16)7-10/h5-7,9,13-14,17-18H,8H2,1-4H3. The van der Waals surface area contributed by atoms with E-state index in [9.17, 15) is 5.11 Å². The second-order valence-corrected chi connectivity index (χ2v) is 6.76. The summed E-state index contributed by atoms with van der Waals surface area (Å²) in [6.07, 6.45) is 0.633. The fraction of sp³-hybridized carbons (Fsp3) is 0.600. The van der Waals surface area contributed by atoms with E-state index in [0.717, 1.165) is 16.6 Å². The van der Waals surface area contributed by atoms with Crippen molar-refractivity contribution in [1.29, 1.82) is 0 Å². The highest BCUT2D eigenvalue weighted by atomic mass is 79.9. The molecule has 1 aliphatic carbocycles. The van der Waals surface area contributed by atoms with Gasteiger partial charge in [-0.15, -0.1) is 0 Å². The third-order valence-electron chi connectivity index (χ3n) is 4.34. The molecule has 19 heavy (non-hydrogen) atoms. The lowest BCUT2D eigenvalue weighted by atomic mass is 9.64. The quantitative estimate of drug-likeness (QED) is 0.891. The lowest BCUT2D eigenvalue weighted by Crippen LogP contribution is -2.60. The third kappa shape index (κ3) is 2.81. The number of methoxy groups -OCH3 is 1. The Balaban J connectivity index is 2.05. The van der Waals surface area contributed by atoms with Gasteiger partial charge in [-0.2, -0.15) is 0 Å². The largest absolute Gasteiger partial charge is 0.496 e. The fourth-order valence-electron chi connectivity index (χ4n) is 2.54. The highest BCUT2D eigenvalue weighted by Gasteiger charge is 2.47. The molecule has 0 radical (unpaired) electrons. The molecule has 1 aromatic rings. The predicted molar refractivity (Wildman–Crippen MR) is 80.4 cm³/mol. The van der Waals surface area contributed by atoms with Crippen molar-refractivity contribution in [3.05, 3.63) is 28.2 Å². The van der Waals surface area contributed by atoms with Gasteiger partial charge in [0.25, 0.3) is 0 Å². The van der Waals surface area contributed by atoms with Gasteiger partial charge in [0, 0.05) is 17.5 Å². The van der Waals surface area contributed by atoms with Gasteiger partial charge >= 0.3 is 0 Å². The Kier molecular flexibility index (Phi) is 4.23. The number of benzene rings is 1. The van der Waals surface area contributed by atoms with Gasteiger partial charge in [-0.1, -0.05) is 19.9 Å². The molecule has 1 aliphatic rings. The summed E-state index contributed by atoms with van der Waals surface area (Å²) in [6, 6.07) is 6.73. The molecular formula is C15H22BrNO2. The first-order chi connectivity index (χ1) is 8.86. The van der Waals surface area contributed by atoms with Crippen LogP contribution in [0.2, 0.25) is 0 Å². The summed E-state index contributed by atoms with van der Waals surface area (Å²) in [5.41, 5.74) is 1.17. The topological polar surface area (TPSA) is 41.5 Å². The zero-order chi connectivity index (χ0) is 14.2. The number of hydrogen-bond acceptors (Lipinski definition) is 3. The minimum absolute atomic E-state index is 0.0437. The van der Waals surface area contributed by atoms with Crippen molar-refractivity contribution >= 4 is 15.9 Å². The molecule has 0 heterocycles. The number of hydrogen-bond donors (Lipinski definition) is 2. The molecule has 1 fully saturated rings. The van der Waals surface area contributed by atoms with Crippen LogP contribution in [-0.2, 0) is 0 Å². The normalized spacial score (nSPS) is 26.6. The van der Waals surface area contributed by atoms with Crippen LogP contribution in [0, 0.1) is 5.41 Å². The Hall–Kier alpha value is -0.580. The van der Waals surface area contributed by atoms with Gasteiger partial charge in [0.05, 0.1) is 17.7 Å². The molecule has 0 aromatic heterocycles. The number of aliphatic hydroxyl groups is 1. The van der Waals surface area contributed by atoms with Crippen LogP contribution in [-0.4, -0.2) is 24.4 Å². The second kappa shape index (κ2) is 5.43. The van der Waals surface area contributed by atoms with Gasteiger partial charge in [-0.3, -0.25) is 0 Å². The summed E-state index contributed by atoms with van der Waals surface area (Å²) in [5.74, 6) is 0.843. The molecule has 1 aromatic carbocycles. The van der Waals surface area contributed by atoms with E-state index in [1.54, 1.807) is 7.11 Å². The van der Waals surface area contributed by atoms with Gasteiger partial charge in [0.1, 0.15) is 5.75 Å². The molecule has 1 saturated carbocycles. The van der Waals surface area contributed by atoms with Crippen LogP contribution < -0.4 is 10.1 Å². The molecule has 4 heteroatoms. The predicted octanol–water partition coefficient (Wildman–Crippen LogP) is 3.27. The smallest absolute Gasteiger partial charge is 0.133 e. The number of aliphatic hydroxyl groups excluding tert-OH is 1. The van der Waals surface area contributed by atoms with Gasteiger partial charge in [-0.05, 0) is 47.0 Å². The van der Waals surface area contributed by atoms with E-state index >= 15 is 0 Å². The Morgan fingerprint density at radius 1 is 1.47 bits per heavy atom. The van der Waals surface area contributed by atoms with E-state index in [-0.39, 0.29) is 17.6 Å². The molecule has 0 bridgehead atoms. The van der Waals surface area contributed by atoms with E-state index in [2.05, 4.69) is 54.2 Å². The van der Waals surface area contributed by atoms with E-state index in [4.69, 9.17) is 4.74 Å². The van der Waals surface area contributed by atoms with Crippen LogP contribution in [0.4, 0.5) is 0 Å². The van der Waals surface area contributed by atoms with Crippen molar-refractivity contribution in [2.75, 3.05) is 7.11 Å². The molecule has 3 atom stereocenters. The van der Waals surface area contributed by atoms with Crippen molar-refractivity contribution in [2.45, 2.75) is 45.4 Å². The lowest BCUT2D eigenvalue weighted by Gasteiger charge is -2.50. The highest BCUT2D eigenvalue weighted by Crippen LogP contribution is 2.41. The van der Waals surface area contributed by atoms with E-state index in [0.29, 0.717) is 6.04 Å². The SMILES string of the molecule is COc1ccc(C(C)NC2CC(O)C2(C)C)cc1Br. The zero-order valence-electron chi connectivity index (χ0n) is 11.9. The Bertz CT molecular complexity index is 461. The van der Waals surface area contributed by atoms with Crippen molar-refractivity contribution in [3.63, 3.8) is 0 Å². The first-order valence-corrected chi connectivity index (χ1v) is 7.43. The average Bonchev–Trinajstić information content (AvgIpc) is 2.38. The van der Waals surface area contributed by atoms with Crippen LogP contribution in [0.1, 0.15) is 38.8 Å². The average molecular weight is 328 g/mol. The van der Waals surface area contributed by atoms with Crippen molar-refractivity contribution in [2.24, 2.45) is 5.41 Å². The summed E-state index contributed by atoms with van der Waals surface area (Å²) in [7, 11) is 1.67. The highest BCUT2D eigenvalue weighted by molar-refractivity contribution is 9.10. The van der Waals surface area contributed by atoms with E-state index in [1.807, 2.05) is 6.07 Å². The number of ether oxygens (including phenoxy) is 1. The lowest BCUT2D eigenvalue weighted by molar-refractivity contribution is -0.0754. The second-order valence-electron chi connectivity index (χ2n) is 5.91. The molecule has 0 amide bonds. The Morgan fingerprint density at radius 2 is 2.16 bits per heavy atom. The molecule has 0 saturated heterocycles. The summed E-state index contributed by atoms with van der Waals surface area (Å²) in [4.78, 5) is 0. The Labute approximate surface area is 123 Å². The molecular weight excluding hydrogens is 306 g/mol. The van der Waals surface area contributed by atoms with Crippen LogP contribution in [0.5, 0.6) is 5.75 Å². The minimum atomic E-state index is -0.195. The van der Waals surface area contributed by atoms with Crippen LogP contribution in [0.15, 0.2) is 22.7 Å². The molecule has 0 aliphatic heterocycles. The first-order valence-electron chi connectivity index (χ1n) is 6.63. The number of nitrogens with one attached hydrogen (secondary N) is 1. The maximum atomic E-state index is 9.78. The summed E-state index contributed by atoms with van der Waals surface area (Å²) >= 11 is 3.51. The zero-order valence-corrected chi connectivity index (χ0v) is 13.5. The van der Waals surface area contributed by atoms with Crippen molar-refractivity contribution in [1.82, 2.24) is 5.32 Å². The monoisotopic (exact) mass is 327 g/mol. The van der Waals surface area contributed by atoms with Gasteiger partial charge in [-0.25, -0.2) is 0 Å². The fourth-order valence-corrected chi connectivity index (χ4v) is 3.09. The molecule has 3 unspecified atom stereocenters. The number of halogens is 1. The summed E-state index contributed by atoms with van der Waals surface area (Å²) in [5, 5.41) is 13.4. The maximum Gasteiger partial charge on any atom is 0.133 e.